The summed E-state index contributed by atoms with van der Waals surface area (Å²) in [5.41, 5.74) is 5.29. The molecular weight excluding hydrogens is 382 g/mol. The summed E-state index contributed by atoms with van der Waals surface area (Å²) in [6.07, 6.45) is 1.30. The average molecular weight is 396 g/mol. The van der Waals surface area contributed by atoms with Gasteiger partial charge >= 0.3 is 0 Å². The summed E-state index contributed by atoms with van der Waals surface area (Å²) in [5.74, 6) is -0.849. The second kappa shape index (κ2) is 8.39. The van der Waals surface area contributed by atoms with Gasteiger partial charge < -0.3 is 5.73 Å². The van der Waals surface area contributed by atoms with Gasteiger partial charge in [0, 0.05) is 11.0 Å². The zero-order valence-electron chi connectivity index (χ0n) is 9.83. The van der Waals surface area contributed by atoms with Crippen molar-refractivity contribution in [3.63, 3.8) is 0 Å². The van der Waals surface area contributed by atoms with Crippen molar-refractivity contribution >= 4 is 50.0 Å². The first kappa shape index (κ1) is 19.1. The number of sulfonamides is 1. The van der Waals surface area contributed by atoms with Gasteiger partial charge in [0.25, 0.3) is 0 Å². The molecule has 3 N–H and O–H groups in total. The average Bonchev–Trinajstić information content (AvgIpc) is 2.29. The van der Waals surface area contributed by atoms with Gasteiger partial charge in [0.05, 0.1) is 5.02 Å². The molecule has 0 aliphatic heterocycles. The van der Waals surface area contributed by atoms with Crippen molar-refractivity contribution in [1.29, 1.82) is 0 Å². The van der Waals surface area contributed by atoms with E-state index < -0.39 is 20.7 Å². The Morgan fingerprint density at radius 2 is 2.00 bits per heavy atom. The highest BCUT2D eigenvalue weighted by Gasteiger charge is 2.20. The fourth-order valence-corrected chi connectivity index (χ4v) is 2.96. The van der Waals surface area contributed by atoms with E-state index in [-0.39, 0.29) is 24.0 Å². The van der Waals surface area contributed by atoms with Gasteiger partial charge in [-0.05, 0) is 47.4 Å². The highest BCUT2D eigenvalue weighted by Crippen LogP contribution is 2.27. The lowest BCUT2D eigenvalue weighted by atomic mass is 10.3. The van der Waals surface area contributed by atoms with Crippen LogP contribution in [0.15, 0.2) is 21.5 Å². The standard InChI is InChI=1S/C10H13BrClFN2O2S.ClH/c11-7-5-9(13)10(6-8(7)12)18(16,17)15-4-2-1-3-14;/h5-6,15H,1-4,14H2;1H. The Labute approximate surface area is 131 Å². The number of rotatable bonds is 6. The van der Waals surface area contributed by atoms with E-state index in [4.69, 9.17) is 17.3 Å². The van der Waals surface area contributed by atoms with Crippen LogP contribution in [0.2, 0.25) is 5.02 Å². The molecule has 0 aromatic heterocycles. The molecule has 0 saturated heterocycles. The van der Waals surface area contributed by atoms with Gasteiger partial charge in [-0.25, -0.2) is 17.5 Å². The fourth-order valence-electron chi connectivity index (χ4n) is 1.26. The van der Waals surface area contributed by atoms with Crippen LogP contribution in [0.25, 0.3) is 0 Å². The first-order valence-corrected chi connectivity index (χ1v) is 7.88. The van der Waals surface area contributed by atoms with E-state index >= 15 is 0 Å². The van der Waals surface area contributed by atoms with E-state index in [1.165, 1.54) is 0 Å². The Balaban J connectivity index is 0.00000324. The summed E-state index contributed by atoms with van der Waals surface area (Å²) in [6.45, 7) is 0.701. The molecule has 0 saturated carbocycles. The summed E-state index contributed by atoms with van der Waals surface area (Å²) >= 11 is 8.77. The second-order valence-electron chi connectivity index (χ2n) is 3.59. The predicted octanol–water partition coefficient (Wildman–Crippen LogP) is 2.68. The molecule has 19 heavy (non-hydrogen) atoms. The summed E-state index contributed by atoms with van der Waals surface area (Å²) in [7, 11) is -3.88. The van der Waals surface area contributed by atoms with E-state index in [0.29, 0.717) is 23.9 Å². The van der Waals surface area contributed by atoms with Gasteiger partial charge in [-0.1, -0.05) is 11.6 Å². The quantitative estimate of drug-likeness (QED) is 0.574. The third kappa shape index (κ3) is 5.53. The minimum absolute atomic E-state index is 0. The Morgan fingerprint density at radius 1 is 1.37 bits per heavy atom. The molecule has 1 aromatic rings. The van der Waals surface area contributed by atoms with Crippen molar-refractivity contribution in [2.24, 2.45) is 5.73 Å². The van der Waals surface area contributed by atoms with Crippen LogP contribution in [0.5, 0.6) is 0 Å². The van der Waals surface area contributed by atoms with Crippen LogP contribution in [0, 0.1) is 5.82 Å². The Bertz CT molecular complexity index is 529. The number of hydrogen-bond acceptors (Lipinski definition) is 3. The molecule has 1 rings (SSSR count). The summed E-state index contributed by atoms with van der Waals surface area (Å²) in [5, 5.41) is 0.138. The maximum Gasteiger partial charge on any atom is 0.243 e. The van der Waals surface area contributed by atoms with Gasteiger partial charge in [0.1, 0.15) is 10.7 Å². The number of unbranched alkanes of at least 4 members (excludes halogenated alkanes) is 1. The van der Waals surface area contributed by atoms with Crippen molar-refractivity contribution in [1.82, 2.24) is 4.72 Å². The van der Waals surface area contributed by atoms with E-state index in [2.05, 4.69) is 20.7 Å². The van der Waals surface area contributed by atoms with Crippen LogP contribution in [0.3, 0.4) is 0 Å². The summed E-state index contributed by atoms with van der Waals surface area (Å²) in [6, 6.07) is 2.10. The zero-order valence-corrected chi connectivity index (χ0v) is 13.8. The molecule has 1 aromatic carbocycles. The lowest BCUT2D eigenvalue weighted by Crippen LogP contribution is -2.26. The number of nitrogens with two attached hydrogens (primary N) is 1. The summed E-state index contributed by atoms with van der Waals surface area (Å²) < 4.78 is 39.8. The number of halogens is 4. The van der Waals surface area contributed by atoms with Crippen LogP contribution in [-0.2, 0) is 10.0 Å². The third-order valence-electron chi connectivity index (χ3n) is 2.19. The van der Waals surface area contributed by atoms with Crippen LogP contribution in [0.4, 0.5) is 4.39 Å². The molecule has 0 bridgehead atoms. The van der Waals surface area contributed by atoms with Crippen molar-refractivity contribution in [2.45, 2.75) is 17.7 Å². The number of benzene rings is 1. The molecule has 0 atom stereocenters. The van der Waals surface area contributed by atoms with Crippen LogP contribution >= 0.6 is 39.9 Å². The monoisotopic (exact) mass is 394 g/mol. The Hall–Kier alpha value is 0.0800. The van der Waals surface area contributed by atoms with Gasteiger partial charge in [-0.3, -0.25) is 0 Å². The molecule has 0 heterocycles. The van der Waals surface area contributed by atoms with E-state index in [9.17, 15) is 12.8 Å². The smallest absolute Gasteiger partial charge is 0.243 e. The molecule has 110 valence electrons. The zero-order chi connectivity index (χ0) is 13.8. The van der Waals surface area contributed by atoms with Crippen LogP contribution in [-0.4, -0.2) is 21.5 Å². The van der Waals surface area contributed by atoms with Gasteiger partial charge in [0.2, 0.25) is 10.0 Å². The van der Waals surface area contributed by atoms with E-state index in [1.807, 2.05) is 0 Å². The molecule has 0 unspecified atom stereocenters. The van der Waals surface area contributed by atoms with Crippen LogP contribution < -0.4 is 10.5 Å². The Morgan fingerprint density at radius 3 is 2.58 bits per heavy atom. The highest BCUT2D eigenvalue weighted by molar-refractivity contribution is 9.10. The van der Waals surface area contributed by atoms with E-state index in [1.54, 1.807) is 0 Å². The largest absolute Gasteiger partial charge is 0.330 e. The normalized spacial score (nSPS) is 11.2. The third-order valence-corrected chi connectivity index (χ3v) is 4.86. The van der Waals surface area contributed by atoms with Crippen molar-refractivity contribution < 1.29 is 12.8 Å². The first-order chi connectivity index (χ1) is 8.38. The number of nitrogens with one attached hydrogen (secondary N) is 1. The lowest BCUT2D eigenvalue weighted by molar-refractivity contribution is 0.554. The highest BCUT2D eigenvalue weighted by atomic mass is 79.9. The molecule has 0 spiro atoms. The van der Waals surface area contributed by atoms with Gasteiger partial charge in [-0.15, -0.1) is 12.4 Å². The maximum absolute atomic E-state index is 13.6. The van der Waals surface area contributed by atoms with E-state index in [0.717, 1.165) is 12.1 Å². The molecule has 4 nitrogen and oxygen atoms in total. The Kier molecular flexibility index (Phi) is 8.42. The minimum atomic E-state index is -3.88. The topological polar surface area (TPSA) is 72.2 Å². The first-order valence-electron chi connectivity index (χ1n) is 5.23. The van der Waals surface area contributed by atoms with Crippen molar-refractivity contribution in [3.8, 4) is 0 Å². The molecule has 0 aliphatic rings. The van der Waals surface area contributed by atoms with Crippen molar-refractivity contribution in [2.75, 3.05) is 13.1 Å². The lowest BCUT2D eigenvalue weighted by Gasteiger charge is -2.08. The maximum atomic E-state index is 13.6. The second-order valence-corrected chi connectivity index (χ2v) is 6.59. The van der Waals surface area contributed by atoms with Gasteiger partial charge in [-0.2, -0.15) is 0 Å². The SMILES string of the molecule is Cl.NCCCCNS(=O)(=O)c1cc(Cl)c(Br)cc1F. The predicted molar refractivity (Wildman–Crippen MR) is 79.8 cm³/mol. The molecule has 0 aliphatic carbocycles. The molecule has 0 radical (unpaired) electrons. The number of hydrogen-bond donors (Lipinski definition) is 2. The molecular formula is C10H14BrCl2FN2O2S. The molecule has 9 heteroatoms. The van der Waals surface area contributed by atoms with Crippen LogP contribution in [0.1, 0.15) is 12.8 Å². The minimum Gasteiger partial charge on any atom is -0.330 e. The molecule has 0 fully saturated rings. The van der Waals surface area contributed by atoms with Gasteiger partial charge in [0.15, 0.2) is 0 Å². The fraction of sp³-hybridized carbons (Fsp3) is 0.400. The van der Waals surface area contributed by atoms with Crippen molar-refractivity contribution in [3.05, 3.63) is 27.4 Å². The summed E-state index contributed by atoms with van der Waals surface area (Å²) in [4.78, 5) is -0.455. The molecule has 0 amide bonds.